The van der Waals surface area contributed by atoms with Gasteiger partial charge in [0.2, 0.25) is 0 Å². The number of benzene rings is 7. The molecule has 0 saturated carbocycles. The van der Waals surface area contributed by atoms with Crippen LogP contribution in [-0.4, -0.2) is 0 Å². The van der Waals surface area contributed by atoms with Crippen LogP contribution < -0.4 is 4.90 Å². The molecule has 1 aliphatic carbocycles. The molecule has 51 heavy (non-hydrogen) atoms. The quantitative estimate of drug-likeness (QED) is 0.165. The van der Waals surface area contributed by atoms with E-state index in [1.807, 2.05) is 0 Å². The highest BCUT2D eigenvalue weighted by molar-refractivity contribution is 5.81. The van der Waals surface area contributed by atoms with Crippen LogP contribution in [0.15, 0.2) is 176 Å². The molecule has 1 aliphatic rings. The molecule has 7 aromatic carbocycles. The molecular formula is C50H45N. The van der Waals surface area contributed by atoms with Gasteiger partial charge in [0.1, 0.15) is 0 Å². The van der Waals surface area contributed by atoms with Crippen LogP contribution in [0, 0.1) is 0 Å². The molecule has 7 aromatic rings. The average molecular weight is 660 g/mol. The van der Waals surface area contributed by atoms with Crippen molar-refractivity contribution in [3.05, 3.63) is 187 Å². The summed E-state index contributed by atoms with van der Waals surface area (Å²) in [7, 11) is 0. The second kappa shape index (κ2) is 13.2. The van der Waals surface area contributed by atoms with Crippen LogP contribution in [0.4, 0.5) is 17.1 Å². The fraction of sp³-hybridized carbons (Fsp3) is 0.160. The van der Waals surface area contributed by atoms with Gasteiger partial charge in [-0.3, -0.25) is 0 Å². The normalized spacial score (nSPS) is 14.4. The SMILES string of the molecule is CC1(C)CCC(C)(C)c2cc(-c3ccc(N(c4ccc(-c5ccccc5)cc4)c4ccc(-c5ccc(-c6ccccc6)cc5)cc4)cc3)ccc21. The summed E-state index contributed by atoms with van der Waals surface area (Å²) in [6.07, 6.45) is 2.44. The smallest absolute Gasteiger partial charge is 0.0462 e. The molecule has 1 nitrogen and oxygen atoms in total. The van der Waals surface area contributed by atoms with Gasteiger partial charge in [-0.25, -0.2) is 0 Å². The van der Waals surface area contributed by atoms with Crippen molar-refractivity contribution in [2.45, 2.75) is 51.4 Å². The number of rotatable bonds is 7. The first kappa shape index (κ1) is 32.5. The molecule has 0 fully saturated rings. The molecule has 1 heteroatoms. The summed E-state index contributed by atoms with van der Waals surface area (Å²) in [6.45, 7) is 9.59. The molecule has 0 atom stereocenters. The van der Waals surface area contributed by atoms with Crippen molar-refractivity contribution in [2.75, 3.05) is 4.90 Å². The van der Waals surface area contributed by atoms with E-state index in [2.05, 4.69) is 209 Å². The summed E-state index contributed by atoms with van der Waals surface area (Å²) in [5.41, 5.74) is 16.6. The highest BCUT2D eigenvalue weighted by Gasteiger charge is 2.37. The lowest BCUT2D eigenvalue weighted by Gasteiger charge is -2.42. The molecule has 0 amide bonds. The Morgan fingerprint density at radius 2 is 0.608 bits per heavy atom. The van der Waals surface area contributed by atoms with E-state index in [0.29, 0.717) is 0 Å². The lowest BCUT2D eigenvalue weighted by molar-refractivity contribution is 0.332. The summed E-state index contributed by atoms with van der Waals surface area (Å²) >= 11 is 0. The van der Waals surface area contributed by atoms with Gasteiger partial charge in [-0.2, -0.15) is 0 Å². The molecule has 0 saturated heterocycles. The van der Waals surface area contributed by atoms with Crippen LogP contribution in [-0.2, 0) is 10.8 Å². The van der Waals surface area contributed by atoms with Crippen LogP contribution in [0.25, 0.3) is 44.5 Å². The van der Waals surface area contributed by atoms with Crippen molar-refractivity contribution in [1.82, 2.24) is 0 Å². The van der Waals surface area contributed by atoms with E-state index in [9.17, 15) is 0 Å². The number of hydrogen-bond acceptors (Lipinski definition) is 1. The number of fused-ring (bicyclic) bond motifs is 1. The third-order valence-corrected chi connectivity index (χ3v) is 11.0. The highest BCUT2D eigenvalue weighted by Crippen LogP contribution is 2.47. The molecule has 0 bridgehead atoms. The van der Waals surface area contributed by atoms with E-state index in [4.69, 9.17) is 0 Å². The molecule has 250 valence electrons. The van der Waals surface area contributed by atoms with Gasteiger partial charge in [-0.15, -0.1) is 0 Å². The van der Waals surface area contributed by atoms with Gasteiger partial charge in [-0.1, -0.05) is 167 Å². The Morgan fingerprint density at radius 1 is 0.314 bits per heavy atom. The van der Waals surface area contributed by atoms with Crippen molar-refractivity contribution in [3.8, 4) is 44.5 Å². The van der Waals surface area contributed by atoms with Crippen molar-refractivity contribution >= 4 is 17.1 Å². The topological polar surface area (TPSA) is 3.24 Å². The van der Waals surface area contributed by atoms with Gasteiger partial charge < -0.3 is 4.90 Å². The first-order chi connectivity index (χ1) is 24.7. The largest absolute Gasteiger partial charge is 0.311 e. The van der Waals surface area contributed by atoms with Crippen LogP contribution >= 0.6 is 0 Å². The van der Waals surface area contributed by atoms with E-state index in [1.54, 1.807) is 0 Å². The monoisotopic (exact) mass is 659 g/mol. The molecular weight excluding hydrogens is 615 g/mol. The van der Waals surface area contributed by atoms with Gasteiger partial charge in [-0.05, 0) is 116 Å². The van der Waals surface area contributed by atoms with Crippen LogP contribution in [0.5, 0.6) is 0 Å². The minimum atomic E-state index is 0.180. The molecule has 0 unspecified atom stereocenters. The number of anilines is 3. The van der Waals surface area contributed by atoms with Gasteiger partial charge in [0.25, 0.3) is 0 Å². The zero-order chi connectivity index (χ0) is 35.0. The van der Waals surface area contributed by atoms with Crippen molar-refractivity contribution in [3.63, 3.8) is 0 Å². The molecule has 0 N–H and O–H groups in total. The number of hydrogen-bond donors (Lipinski definition) is 0. The first-order valence-electron chi connectivity index (χ1n) is 18.2. The van der Waals surface area contributed by atoms with Gasteiger partial charge in [0.15, 0.2) is 0 Å². The van der Waals surface area contributed by atoms with Gasteiger partial charge in [0.05, 0.1) is 0 Å². The molecule has 0 aromatic heterocycles. The van der Waals surface area contributed by atoms with Crippen molar-refractivity contribution in [1.29, 1.82) is 0 Å². The Bertz CT molecular complexity index is 2240. The second-order valence-corrected chi connectivity index (χ2v) is 15.3. The summed E-state index contributed by atoms with van der Waals surface area (Å²) in [5.74, 6) is 0. The van der Waals surface area contributed by atoms with E-state index < -0.39 is 0 Å². The summed E-state index contributed by atoms with van der Waals surface area (Å²) < 4.78 is 0. The summed E-state index contributed by atoms with van der Waals surface area (Å²) in [6, 6.07) is 64.2. The maximum Gasteiger partial charge on any atom is 0.0462 e. The zero-order valence-corrected chi connectivity index (χ0v) is 30.1. The fourth-order valence-corrected chi connectivity index (χ4v) is 7.74. The Balaban J connectivity index is 1.13. The Kier molecular flexibility index (Phi) is 8.44. The predicted molar refractivity (Wildman–Crippen MR) is 218 cm³/mol. The Morgan fingerprint density at radius 3 is 1.00 bits per heavy atom. The fourth-order valence-electron chi connectivity index (χ4n) is 7.74. The predicted octanol–water partition coefficient (Wildman–Crippen LogP) is 14.2. The van der Waals surface area contributed by atoms with Crippen molar-refractivity contribution in [2.24, 2.45) is 0 Å². The third-order valence-electron chi connectivity index (χ3n) is 11.0. The first-order valence-corrected chi connectivity index (χ1v) is 18.2. The number of nitrogens with zero attached hydrogens (tertiary/aromatic N) is 1. The van der Waals surface area contributed by atoms with Crippen LogP contribution in [0.3, 0.4) is 0 Å². The standard InChI is InChI=1S/C50H45N/c1-49(2)33-34-50(3,4)48-35-43(25-32-47(48)49)42-23-30-46(31-24-42)51(44-26-19-40(20-27-44)37-13-9-6-10-14-37)45-28-21-41(22-29-45)39-17-15-38(16-18-39)36-11-7-5-8-12-36/h5-32,35H,33-34H2,1-4H3. The third kappa shape index (κ3) is 6.53. The second-order valence-electron chi connectivity index (χ2n) is 15.3. The van der Waals surface area contributed by atoms with E-state index in [0.717, 1.165) is 17.1 Å². The Labute approximate surface area is 303 Å². The molecule has 8 rings (SSSR count). The van der Waals surface area contributed by atoms with E-state index in [1.165, 1.54) is 68.5 Å². The maximum atomic E-state index is 2.45. The lowest BCUT2D eigenvalue weighted by Crippen LogP contribution is -2.33. The molecule has 0 aliphatic heterocycles. The Hall–Kier alpha value is -5.66. The van der Waals surface area contributed by atoms with Crippen molar-refractivity contribution < 1.29 is 0 Å². The average Bonchev–Trinajstić information content (AvgIpc) is 3.18. The lowest BCUT2D eigenvalue weighted by atomic mass is 9.63. The minimum absolute atomic E-state index is 0.180. The summed E-state index contributed by atoms with van der Waals surface area (Å²) in [4.78, 5) is 2.36. The zero-order valence-electron chi connectivity index (χ0n) is 30.1. The van der Waals surface area contributed by atoms with E-state index in [-0.39, 0.29) is 10.8 Å². The van der Waals surface area contributed by atoms with Crippen LogP contribution in [0.1, 0.15) is 51.7 Å². The molecule has 0 radical (unpaired) electrons. The van der Waals surface area contributed by atoms with E-state index >= 15 is 0 Å². The minimum Gasteiger partial charge on any atom is -0.311 e. The van der Waals surface area contributed by atoms with Gasteiger partial charge in [0, 0.05) is 17.1 Å². The van der Waals surface area contributed by atoms with Crippen LogP contribution in [0.2, 0.25) is 0 Å². The molecule has 0 heterocycles. The van der Waals surface area contributed by atoms with Gasteiger partial charge >= 0.3 is 0 Å². The maximum absolute atomic E-state index is 2.45. The highest BCUT2D eigenvalue weighted by atomic mass is 15.1. The molecule has 0 spiro atoms. The summed E-state index contributed by atoms with van der Waals surface area (Å²) in [5, 5.41) is 0.